The molecule has 0 aromatic heterocycles. The Labute approximate surface area is 146 Å². The van der Waals surface area contributed by atoms with Crippen LogP contribution in [-0.4, -0.2) is 38.0 Å². The molecule has 0 radical (unpaired) electrons. The zero-order valence-corrected chi connectivity index (χ0v) is 14.9. The third kappa shape index (κ3) is 7.29. The van der Waals surface area contributed by atoms with Crippen molar-refractivity contribution >= 4 is 33.5 Å². The van der Waals surface area contributed by atoms with Crippen LogP contribution in [0.5, 0.6) is 0 Å². The average molecular weight is 377 g/mol. The Balaban J connectivity index is 2.40. The molecule has 0 bridgehead atoms. The maximum atomic E-state index is 12.1. The average Bonchev–Trinajstić information content (AvgIpc) is 2.50. The van der Waals surface area contributed by atoms with Gasteiger partial charge < -0.3 is 10.4 Å². The van der Waals surface area contributed by atoms with Gasteiger partial charge in [0.15, 0.2) is 0 Å². The van der Waals surface area contributed by atoms with Gasteiger partial charge in [0.05, 0.1) is 10.9 Å². The number of carboxylic acids is 1. The van der Waals surface area contributed by atoms with Crippen LogP contribution in [0.4, 0.5) is 0 Å². The minimum atomic E-state index is -3.80. The van der Waals surface area contributed by atoms with E-state index in [0.29, 0.717) is 30.8 Å². The first kappa shape index (κ1) is 20.4. The van der Waals surface area contributed by atoms with E-state index in [4.69, 9.17) is 16.7 Å². The first-order valence-electron chi connectivity index (χ1n) is 7.50. The number of nitrogens with one attached hydrogen (secondary N) is 2. The molecule has 1 atom stereocenters. The van der Waals surface area contributed by atoms with Gasteiger partial charge in [-0.2, -0.15) is 4.72 Å². The van der Waals surface area contributed by atoms with Gasteiger partial charge in [-0.25, -0.2) is 8.42 Å². The van der Waals surface area contributed by atoms with Crippen LogP contribution in [-0.2, 0) is 19.6 Å². The van der Waals surface area contributed by atoms with Crippen LogP contribution in [0.1, 0.15) is 32.6 Å². The second-order valence-electron chi connectivity index (χ2n) is 5.29. The fourth-order valence-electron chi connectivity index (χ4n) is 1.91. The van der Waals surface area contributed by atoms with Crippen LogP contribution in [0.15, 0.2) is 29.2 Å². The first-order chi connectivity index (χ1) is 11.2. The summed E-state index contributed by atoms with van der Waals surface area (Å²) < 4.78 is 26.6. The van der Waals surface area contributed by atoms with Gasteiger partial charge >= 0.3 is 5.97 Å². The van der Waals surface area contributed by atoms with Gasteiger partial charge in [0.2, 0.25) is 15.9 Å². The molecule has 1 unspecified atom stereocenters. The molecule has 0 aliphatic heterocycles. The van der Waals surface area contributed by atoms with E-state index in [9.17, 15) is 18.0 Å². The summed E-state index contributed by atoms with van der Waals surface area (Å²) in [5, 5.41) is 11.5. The molecule has 134 valence electrons. The second-order valence-corrected chi connectivity index (χ2v) is 7.44. The highest BCUT2D eigenvalue weighted by atomic mass is 35.5. The Hall–Kier alpha value is -1.64. The standard InChI is InChI=1S/C15H21ClN2O5S/c1-11(15(21)17-10-4-2-3-5-14(19)20)18-24(22,23)13-8-6-12(16)7-9-13/h6-9,11,18H,2-5,10H2,1H3,(H,17,21)(H,19,20). The van der Waals surface area contributed by atoms with Crippen molar-refractivity contribution in [2.75, 3.05) is 6.54 Å². The minimum absolute atomic E-state index is 0.0280. The monoisotopic (exact) mass is 376 g/mol. The van der Waals surface area contributed by atoms with Crippen molar-refractivity contribution < 1.29 is 23.1 Å². The van der Waals surface area contributed by atoms with Gasteiger partial charge in [-0.15, -0.1) is 0 Å². The number of hydrogen-bond donors (Lipinski definition) is 3. The molecule has 0 fully saturated rings. The fraction of sp³-hybridized carbons (Fsp3) is 0.467. The number of unbranched alkanes of at least 4 members (excludes halogenated alkanes) is 2. The molecule has 1 aromatic rings. The summed E-state index contributed by atoms with van der Waals surface area (Å²) >= 11 is 5.72. The second kappa shape index (κ2) is 9.61. The molecule has 0 aliphatic rings. The van der Waals surface area contributed by atoms with Crippen LogP contribution in [0.3, 0.4) is 0 Å². The van der Waals surface area contributed by atoms with Gasteiger partial charge in [-0.3, -0.25) is 9.59 Å². The van der Waals surface area contributed by atoms with Crippen LogP contribution in [0.25, 0.3) is 0 Å². The number of halogens is 1. The topological polar surface area (TPSA) is 113 Å². The molecule has 1 rings (SSSR count). The van der Waals surface area contributed by atoms with E-state index < -0.39 is 27.9 Å². The normalized spacial score (nSPS) is 12.6. The molecule has 7 nitrogen and oxygen atoms in total. The Morgan fingerprint density at radius 1 is 1.17 bits per heavy atom. The van der Waals surface area contributed by atoms with Crippen LogP contribution >= 0.6 is 11.6 Å². The summed E-state index contributed by atoms with van der Waals surface area (Å²) in [5.41, 5.74) is 0. The zero-order valence-electron chi connectivity index (χ0n) is 13.3. The van der Waals surface area contributed by atoms with E-state index in [1.54, 1.807) is 0 Å². The lowest BCUT2D eigenvalue weighted by Gasteiger charge is -2.14. The molecule has 0 aliphatic carbocycles. The Kier molecular flexibility index (Phi) is 8.17. The third-order valence-electron chi connectivity index (χ3n) is 3.22. The molecular weight excluding hydrogens is 356 g/mol. The summed E-state index contributed by atoms with van der Waals surface area (Å²) in [6.07, 6.45) is 1.96. The largest absolute Gasteiger partial charge is 0.481 e. The predicted octanol–water partition coefficient (Wildman–Crippen LogP) is 1.77. The maximum Gasteiger partial charge on any atom is 0.303 e. The molecule has 0 heterocycles. The fourth-order valence-corrected chi connectivity index (χ4v) is 3.24. The van der Waals surface area contributed by atoms with Crippen molar-refractivity contribution in [2.45, 2.75) is 43.5 Å². The maximum absolute atomic E-state index is 12.1. The lowest BCUT2D eigenvalue weighted by atomic mass is 10.2. The van der Waals surface area contributed by atoms with Gasteiger partial charge in [-0.05, 0) is 44.0 Å². The number of carbonyl (C=O) groups is 2. The van der Waals surface area contributed by atoms with E-state index in [0.717, 1.165) is 0 Å². The molecule has 3 N–H and O–H groups in total. The van der Waals surface area contributed by atoms with E-state index in [1.165, 1.54) is 31.2 Å². The predicted molar refractivity (Wildman–Crippen MR) is 90.3 cm³/mol. The summed E-state index contributed by atoms with van der Waals surface area (Å²) in [4.78, 5) is 22.3. The van der Waals surface area contributed by atoms with Gasteiger partial charge in [0, 0.05) is 18.0 Å². The SMILES string of the molecule is CC(NS(=O)(=O)c1ccc(Cl)cc1)C(=O)NCCCCCC(=O)O. The van der Waals surface area contributed by atoms with Gasteiger partial charge in [0.1, 0.15) is 0 Å². The smallest absolute Gasteiger partial charge is 0.303 e. The number of hydrogen-bond acceptors (Lipinski definition) is 4. The van der Waals surface area contributed by atoms with Crippen molar-refractivity contribution in [1.82, 2.24) is 10.0 Å². The van der Waals surface area contributed by atoms with Gasteiger partial charge in [-0.1, -0.05) is 18.0 Å². The molecular formula is C15H21ClN2O5S. The van der Waals surface area contributed by atoms with E-state index >= 15 is 0 Å². The Morgan fingerprint density at radius 2 is 1.79 bits per heavy atom. The molecule has 1 amide bonds. The van der Waals surface area contributed by atoms with Gasteiger partial charge in [0.25, 0.3) is 0 Å². The summed E-state index contributed by atoms with van der Waals surface area (Å²) in [7, 11) is -3.80. The molecule has 0 saturated heterocycles. The number of sulfonamides is 1. The number of carbonyl (C=O) groups excluding carboxylic acids is 1. The Morgan fingerprint density at radius 3 is 2.38 bits per heavy atom. The molecule has 0 saturated carbocycles. The Bertz CT molecular complexity index is 661. The summed E-state index contributed by atoms with van der Waals surface area (Å²) in [6.45, 7) is 1.82. The summed E-state index contributed by atoms with van der Waals surface area (Å²) in [5.74, 6) is -1.28. The minimum Gasteiger partial charge on any atom is -0.481 e. The number of rotatable bonds is 10. The molecule has 24 heavy (non-hydrogen) atoms. The lowest BCUT2D eigenvalue weighted by Crippen LogP contribution is -2.44. The number of benzene rings is 1. The molecule has 9 heteroatoms. The van der Waals surface area contributed by atoms with Crippen LogP contribution in [0.2, 0.25) is 5.02 Å². The number of amides is 1. The first-order valence-corrected chi connectivity index (χ1v) is 9.36. The third-order valence-corrected chi connectivity index (χ3v) is 5.02. The highest BCUT2D eigenvalue weighted by molar-refractivity contribution is 7.89. The van der Waals surface area contributed by atoms with Crippen molar-refractivity contribution in [3.63, 3.8) is 0 Å². The zero-order chi connectivity index (χ0) is 18.2. The molecule has 0 spiro atoms. The van der Waals surface area contributed by atoms with Crippen LogP contribution < -0.4 is 10.0 Å². The molecule has 1 aromatic carbocycles. The van der Waals surface area contributed by atoms with E-state index in [1.807, 2.05) is 0 Å². The number of carboxylic acid groups (broad SMARTS) is 1. The highest BCUT2D eigenvalue weighted by Gasteiger charge is 2.21. The highest BCUT2D eigenvalue weighted by Crippen LogP contribution is 2.14. The summed E-state index contributed by atoms with van der Waals surface area (Å²) in [6, 6.07) is 4.70. The van der Waals surface area contributed by atoms with Crippen molar-refractivity contribution in [3.8, 4) is 0 Å². The van der Waals surface area contributed by atoms with E-state index in [-0.39, 0.29) is 11.3 Å². The quantitative estimate of drug-likeness (QED) is 0.538. The lowest BCUT2D eigenvalue weighted by molar-refractivity contribution is -0.137. The van der Waals surface area contributed by atoms with Crippen molar-refractivity contribution in [1.29, 1.82) is 0 Å². The van der Waals surface area contributed by atoms with Crippen molar-refractivity contribution in [2.24, 2.45) is 0 Å². The van der Waals surface area contributed by atoms with Crippen LogP contribution in [0, 0.1) is 0 Å². The van der Waals surface area contributed by atoms with E-state index in [2.05, 4.69) is 10.0 Å². The van der Waals surface area contributed by atoms with Crippen molar-refractivity contribution in [3.05, 3.63) is 29.3 Å². The number of aliphatic carboxylic acids is 1.